The molecule has 0 spiro atoms. The summed E-state index contributed by atoms with van der Waals surface area (Å²) < 4.78 is 25.7. The molecular formula is C13H27ClN2O2S. The normalized spacial score (nSPS) is 19.2. The lowest BCUT2D eigenvalue weighted by Crippen LogP contribution is -2.42. The molecule has 0 N–H and O–H groups in total. The highest BCUT2D eigenvalue weighted by Gasteiger charge is 2.27. The second-order valence-electron chi connectivity index (χ2n) is 5.19. The van der Waals surface area contributed by atoms with Crippen LogP contribution in [0, 0.1) is 5.92 Å². The largest absolute Gasteiger partial charge is 0.304 e. The fraction of sp³-hybridized carbons (Fsp3) is 1.00. The van der Waals surface area contributed by atoms with Crippen molar-refractivity contribution in [1.29, 1.82) is 0 Å². The van der Waals surface area contributed by atoms with Gasteiger partial charge >= 0.3 is 0 Å². The molecule has 1 aliphatic rings. The summed E-state index contributed by atoms with van der Waals surface area (Å²) >= 11 is 5.57. The predicted octanol–water partition coefficient (Wildman–Crippen LogP) is 2.00. The Bertz CT molecular complexity index is 337. The van der Waals surface area contributed by atoms with Crippen LogP contribution in [0.5, 0.6) is 0 Å². The van der Waals surface area contributed by atoms with Gasteiger partial charge in [-0.2, -0.15) is 0 Å². The minimum atomic E-state index is -3.07. The van der Waals surface area contributed by atoms with Crippen molar-refractivity contribution in [3.8, 4) is 0 Å². The van der Waals surface area contributed by atoms with Crippen LogP contribution in [0.15, 0.2) is 0 Å². The van der Waals surface area contributed by atoms with E-state index in [1.807, 2.05) is 0 Å². The fourth-order valence-electron chi connectivity index (χ4n) is 2.58. The molecular weight excluding hydrogens is 284 g/mol. The van der Waals surface area contributed by atoms with E-state index >= 15 is 0 Å². The maximum atomic E-state index is 12.0. The molecule has 1 aliphatic heterocycles. The Kier molecular flexibility index (Phi) is 7.65. The Hall–Kier alpha value is 0.160. The standard InChI is InChI=1S/C13H27ClN2O2S/c1-3-15(4-2)12-13-6-9-16(10-7-13)19(17,18)11-5-8-14/h13H,3-12H2,1-2H3. The first-order chi connectivity index (χ1) is 9.03. The van der Waals surface area contributed by atoms with Crippen molar-refractivity contribution >= 4 is 21.6 Å². The Balaban J connectivity index is 2.40. The van der Waals surface area contributed by atoms with E-state index in [9.17, 15) is 8.42 Å². The summed E-state index contributed by atoms with van der Waals surface area (Å²) in [5, 5.41) is 0. The molecule has 0 aromatic carbocycles. The van der Waals surface area contributed by atoms with E-state index in [2.05, 4.69) is 18.7 Å². The predicted molar refractivity (Wildman–Crippen MR) is 81.2 cm³/mol. The number of nitrogens with zero attached hydrogens (tertiary/aromatic N) is 2. The molecule has 0 unspecified atom stereocenters. The van der Waals surface area contributed by atoms with Crippen LogP contribution in [0.4, 0.5) is 0 Å². The number of hydrogen-bond donors (Lipinski definition) is 0. The molecule has 0 bridgehead atoms. The first kappa shape index (κ1) is 17.2. The van der Waals surface area contributed by atoms with Crippen molar-refractivity contribution < 1.29 is 8.42 Å². The summed E-state index contributed by atoms with van der Waals surface area (Å²) in [6.45, 7) is 8.95. The topological polar surface area (TPSA) is 40.6 Å². The zero-order chi connectivity index (χ0) is 14.3. The number of hydrogen-bond acceptors (Lipinski definition) is 3. The average molecular weight is 311 g/mol. The zero-order valence-corrected chi connectivity index (χ0v) is 13.7. The minimum Gasteiger partial charge on any atom is -0.304 e. The fourth-order valence-corrected chi connectivity index (χ4v) is 4.41. The quantitative estimate of drug-likeness (QED) is 0.644. The summed E-state index contributed by atoms with van der Waals surface area (Å²) in [4.78, 5) is 2.42. The second-order valence-corrected chi connectivity index (χ2v) is 7.65. The van der Waals surface area contributed by atoms with Crippen molar-refractivity contribution in [2.45, 2.75) is 33.1 Å². The summed E-state index contributed by atoms with van der Waals surface area (Å²) in [7, 11) is -3.07. The minimum absolute atomic E-state index is 0.192. The summed E-state index contributed by atoms with van der Waals surface area (Å²) in [6, 6.07) is 0. The van der Waals surface area contributed by atoms with E-state index in [0.29, 0.717) is 31.3 Å². The average Bonchev–Trinajstić information content (AvgIpc) is 2.43. The van der Waals surface area contributed by atoms with Gasteiger partial charge in [0, 0.05) is 25.5 Å². The highest BCUT2D eigenvalue weighted by atomic mass is 35.5. The first-order valence-corrected chi connectivity index (χ1v) is 9.44. The van der Waals surface area contributed by atoms with Crippen molar-refractivity contribution in [2.75, 3.05) is 44.4 Å². The van der Waals surface area contributed by atoms with E-state index in [0.717, 1.165) is 32.5 Å². The SMILES string of the molecule is CCN(CC)CC1CCN(S(=O)(=O)CCCCl)CC1. The van der Waals surface area contributed by atoms with Crippen molar-refractivity contribution in [1.82, 2.24) is 9.21 Å². The zero-order valence-electron chi connectivity index (χ0n) is 12.1. The molecule has 1 heterocycles. The molecule has 114 valence electrons. The molecule has 1 rings (SSSR count). The third-order valence-electron chi connectivity index (χ3n) is 3.91. The number of halogens is 1. The molecule has 0 aromatic heterocycles. The van der Waals surface area contributed by atoms with Crippen LogP contribution < -0.4 is 0 Å². The molecule has 1 saturated heterocycles. The van der Waals surface area contributed by atoms with E-state index in [1.54, 1.807) is 4.31 Å². The highest BCUT2D eigenvalue weighted by Crippen LogP contribution is 2.21. The monoisotopic (exact) mass is 310 g/mol. The van der Waals surface area contributed by atoms with Crippen LogP contribution >= 0.6 is 11.6 Å². The van der Waals surface area contributed by atoms with Gasteiger partial charge in [0.25, 0.3) is 0 Å². The summed E-state index contributed by atoms with van der Waals surface area (Å²) in [5.41, 5.74) is 0. The van der Waals surface area contributed by atoms with E-state index in [1.165, 1.54) is 0 Å². The number of sulfonamides is 1. The van der Waals surface area contributed by atoms with Gasteiger partial charge in [-0.05, 0) is 38.3 Å². The lowest BCUT2D eigenvalue weighted by atomic mass is 9.97. The van der Waals surface area contributed by atoms with Crippen LogP contribution in [0.25, 0.3) is 0 Å². The van der Waals surface area contributed by atoms with Gasteiger partial charge in [-0.15, -0.1) is 11.6 Å². The van der Waals surface area contributed by atoms with E-state index in [4.69, 9.17) is 11.6 Å². The van der Waals surface area contributed by atoms with Crippen molar-refractivity contribution in [3.63, 3.8) is 0 Å². The number of alkyl halides is 1. The smallest absolute Gasteiger partial charge is 0.214 e. The Morgan fingerprint density at radius 2 is 1.79 bits per heavy atom. The highest BCUT2D eigenvalue weighted by molar-refractivity contribution is 7.89. The summed E-state index contributed by atoms with van der Waals surface area (Å²) in [6.07, 6.45) is 2.51. The molecule has 6 heteroatoms. The first-order valence-electron chi connectivity index (χ1n) is 7.29. The third-order valence-corrected chi connectivity index (χ3v) is 6.14. The van der Waals surface area contributed by atoms with Gasteiger partial charge in [-0.25, -0.2) is 12.7 Å². The van der Waals surface area contributed by atoms with Gasteiger partial charge in [0.2, 0.25) is 10.0 Å². The van der Waals surface area contributed by atoms with Crippen molar-refractivity contribution in [2.24, 2.45) is 5.92 Å². The van der Waals surface area contributed by atoms with Gasteiger partial charge in [0.05, 0.1) is 5.75 Å². The van der Waals surface area contributed by atoms with Gasteiger partial charge < -0.3 is 4.90 Å². The number of piperidine rings is 1. The number of rotatable bonds is 8. The molecule has 1 fully saturated rings. The molecule has 0 radical (unpaired) electrons. The molecule has 0 aliphatic carbocycles. The van der Waals surface area contributed by atoms with Crippen LogP contribution in [0.2, 0.25) is 0 Å². The van der Waals surface area contributed by atoms with Crippen LogP contribution in [0.3, 0.4) is 0 Å². The van der Waals surface area contributed by atoms with Gasteiger partial charge in [0.1, 0.15) is 0 Å². The lowest BCUT2D eigenvalue weighted by Gasteiger charge is -2.33. The van der Waals surface area contributed by atoms with Crippen LogP contribution in [-0.4, -0.2) is 62.0 Å². The maximum absolute atomic E-state index is 12.0. The summed E-state index contributed by atoms with van der Waals surface area (Å²) in [5.74, 6) is 1.24. The Morgan fingerprint density at radius 1 is 1.21 bits per heavy atom. The molecule has 0 saturated carbocycles. The Labute approximate surface area is 123 Å². The molecule has 19 heavy (non-hydrogen) atoms. The van der Waals surface area contributed by atoms with Gasteiger partial charge in [0.15, 0.2) is 0 Å². The third kappa shape index (κ3) is 5.58. The molecule has 0 atom stereocenters. The van der Waals surface area contributed by atoms with E-state index < -0.39 is 10.0 Å². The van der Waals surface area contributed by atoms with Crippen LogP contribution in [-0.2, 0) is 10.0 Å². The lowest BCUT2D eigenvalue weighted by molar-refractivity contribution is 0.193. The second kappa shape index (κ2) is 8.45. The van der Waals surface area contributed by atoms with Crippen LogP contribution in [0.1, 0.15) is 33.1 Å². The van der Waals surface area contributed by atoms with Gasteiger partial charge in [-0.1, -0.05) is 13.8 Å². The van der Waals surface area contributed by atoms with Crippen molar-refractivity contribution in [3.05, 3.63) is 0 Å². The van der Waals surface area contributed by atoms with E-state index in [-0.39, 0.29) is 5.75 Å². The molecule has 0 amide bonds. The Morgan fingerprint density at radius 3 is 2.26 bits per heavy atom. The molecule has 0 aromatic rings. The maximum Gasteiger partial charge on any atom is 0.214 e. The van der Waals surface area contributed by atoms with Gasteiger partial charge in [-0.3, -0.25) is 0 Å². The molecule has 4 nitrogen and oxygen atoms in total.